The van der Waals surface area contributed by atoms with Gasteiger partial charge in [-0.05, 0) is 0 Å². The van der Waals surface area contributed by atoms with Crippen LogP contribution >= 0.6 is 93.3 Å². The molecule has 15 heteroatoms. The normalized spacial score (nSPS) is 12.1. The summed E-state index contributed by atoms with van der Waals surface area (Å²) in [5, 5.41) is -1.63. The number of carbonyl (C=O) groups is 1. The van der Waals surface area contributed by atoms with Crippen molar-refractivity contribution in [3.63, 3.8) is 0 Å². The molecule has 0 spiro atoms. The number of benzene rings is 9. The van der Waals surface area contributed by atoms with E-state index in [1.807, 2.05) is 280 Å². The molecule has 0 saturated carbocycles. The molecule has 70 heavy (non-hydrogen) atoms. The van der Waals surface area contributed by atoms with Crippen molar-refractivity contribution in [1.29, 1.82) is 0 Å². The van der Waals surface area contributed by atoms with Crippen LogP contribution in [0.4, 0.5) is 0 Å². The predicted molar refractivity (Wildman–Crippen MR) is 319 cm³/mol. The first kappa shape index (κ1) is 68.4. The smallest absolute Gasteiger partial charge is 0.153 e. The summed E-state index contributed by atoms with van der Waals surface area (Å²) in [5.41, 5.74) is 0. The molecule has 1 atom stereocenters. The minimum atomic E-state index is -3.43. The largest absolute Gasteiger partial charge is 0.187 e. The van der Waals surface area contributed by atoms with Gasteiger partial charge in [-0.15, -0.1) is 0 Å². The summed E-state index contributed by atoms with van der Waals surface area (Å²) in [6, 6.07) is 89.6. The second-order valence-corrected chi connectivity index (χ2v) is 38.6. The molecule has 0 saturated heterocycles. The molecule has 9 aromatic carbocycles. The summed E-state index contributed by atoms with van der Waals surface area (Å²) in [4.78, 5) is 8.00. The van der Waals surface area contributed by atoms with E-state index in [2.05, 4.69) is 0 Å². The zero-order valence-corrected chi connectivity index (χ0v) is 47.7. The Morgan fingerprint density at radius 2 is 0.286 bits per heavy atom. The van der Waals surface area contributed by atoms with Gasteiger partial charge in [-0.3, -0.25) is 0 Å². The van der Waals surface area contributed by atoms with Crippen LogP contribution < -0.4 is 47.7 Å². The third-order valence-corrected chi connectivity index (χ3v) is 32.3. The third-order valence-electron chi connectivity index (χ3n) is 10.9. The first-order valence-corrected chi connectivity index (χ1v) is 32.6. The molecular formula is C55H53AlAr3Cl6OP4. The molecule has 1 nitrogen and oxygen atoms in total. The van der Waals surface area contributed by atoms with Gasteiger partial charge in [-0.2, -0.15) is 9.90 Å². The maximum atomic E-state index is 8.00. The van der Waals surface area contributed by atoms with Crippen molar-refractivity contribution in [2.45, 2.75) is 0 Å². The topological polar surface area (TPSA) is 17.1 Å². The number of halogens is 6. The molecular weight excluding hydrogens is 1160 g/mol. The molecule has 368 valence electrons. The summed E-state index contributed by atoms with van der Waals surface area (Å²) >= 11 is 43.6. The van der Waals surface area contributed by atoms with E-state index < -0.39 is 15.9 Å². The van der Waals surface area contributed by atoms with E-state index in [0.717, 1.165) is 47.7 Å². The minimum absolute atomic E-state index is 0. The Balaban J connectivity index is 0.000000498. The van der Waals surface area contributed by atoms with Gasteiger partial charge in [-0.1, -0.05) is 0 Å². The van der Waals surface area contributed by atoms with Crippen molar-refractivity contribution < 1.29 is 118 Å². The number of rotatable bonds is 9. The van der Waals surface area contributed by atoms with Crippen molar-refractivity contribution >= 4 is 165 Å². The van der Waals surface area contributed by atoms with Crippen LogP contribution in [0, 0.1) is 113 Å². The molecule has 0 aromatic heterocycles. The van der Waals surface area contributed by atoms with Crippen molar-refractivity contribution in [1.82, 2.24) is 0 Å². The fraction of sp³-hybridized carbons (Fsp3) is 0. The van der Waals surface area contributed by atoms with Crippen molar-refractivity contribution in [3.8, 4) is 0 Å². The molecule has 9 aromatic rings. The van der Waals surface area contributed by atoms with Crippen molar-refractivity contribution in [3.05, 3.63) is 273 Å². The summed E-state index contributed by atoms with van der Waals surface area (Å²) in [6.07, 6.45) is 0. The van der Waals surface area contributed by atoms with Gasteiger partial charge in [0.2, 0.25) is 0 Å². The molecule has 1 unspecified atom stereocenters. The average Bonchev–Trinajstić information content (AvgIpc) is 3.40. The molecule has 0 bridgehead atoms. The third kappa shape index (κ3) is 14.9. The van der Waals surface area contributed by atoms with Crippen LogP contribution in [0.3, 0.4) is 0 Å². The van der Waals surface area contributed by atoms with Crippen LogP contribution in [0.25, 0.3) is 0 Å². The second-order valence-electron chi connectivity index (χ2n) is 14.7. The van der Waals surface area contributed by atoms with E-state index in [9.17, 15) is 0 Å². The molecule has 0 N–H and O–H groups in total. The predicted octanol–water partition coefficient (Wildman–Crippen LogP) is 13.2. The standard InChI is InChI=1S/3C18H15Cl2P.CH2O.Al.3Ar.H3P.3H/c3*19-21(20,16-10-4-1-5-11-16,17-12-6-2-7-13-17)18-14-8-3-9-15-18;1-2;;;;;;;;/h3*1-15H;1H2;;;;;1H3;;;. The molecule has 0 aliphatic carbocycles. The van der Waals surface area contributed by atoms with E-state index >= 15 is 0 Å². The van der Waals surface area contributed by atoms with Crippen LogP contribution in [0.2, 0.25) is 0 Å². The van der Waals surface area contributed by atoms with E-state index in [1.54, 1.807) is 0 Å². The van der Waals surface area contributed by atoms with Crippen LogP contribution in [0.15, 0.2) is 273 Å². The second kappa shape index (κ2) is 31.0. The average molecular weight is 1210 g/mol. The van der Waals surface area contributed by atoms with Crippen LogP contribution in [-0.2, 0) is 4.79 Å². The van der Waals surface area contributed by atoms with E-state index in [0.29, 0.717) is 0 Å². The Hall–Kier alpha value is 0.422. The fourth-order valence-electron chi connectivity index (χ4n) is 7.55. The Morgan fingerprint density at radius 1 is 0.214 bits per heavy atom. The SMILES string of the molecule is C=O.ClP(Cl)(c1ccccc1)(c1ccccc1)c1ccccc1.ClP(Cl)(c1ccccc1)(c1ccccc1)c1ccccc1.ClP(Cl)(c1ccccc1)(c1ccccc1)c1ccccc1.P.[AlH3].[Ar].[Ar].[Ar]. The van der Waals surface area contributed by atoms with E-state index in [-0.39, 0.29) is 140 Å². The number of hydrogen-bond acceptors (Lipinski definition) is 1. The maximum Gasteiger partial charge on any atom is 0.187 e. The summed E-state index contributed by atoms with van der Waals surface area (Å²) < 4.78 is 0. The van der Waals surface area contributed by atoms with Gasteiger partial charge < -0.3 is 4.79 Å². The zero-order valence-electron chi connectivity index (χ0n) is 37.0. The van der Waals surface area contributed by atoms with Crippen LogP contribution in [-0.4, -0.2) is 24.2 Å². The quantitative estimate of drug-likeness (QED) is 0.104. The van der Waals surface area contributed by atoms with Gasteiger partial charge in [0.05, 0.1) is 0 Å². The molecule has 0 radical (unpaired) electrons. The Morgan fingerprint density at radius 3 is 0.357 bits per heavy atom. The van der Waals surface area contributed by atoms with Crippen molar-refractivity contribution in [2.75, 3.05) is 0 Å². The first-order chi connectivity index (χ1) is 31.4. The van der Waals surface area contributed by atoms with Crippen LogP contribution in [0.1, 0.15) is 0 Å². The number of hydrogen-bond donors (Lipinski definition) is 0. The van der Waals surface area contributed by atoms with Gasteiger partial charge in [0.15, 0.2) is 17.4 Å². The van der Waals surface area contributed by atoms with Crippen LogP contribution in [0.5, 0.6) is 0 Å². The van der Waals surface area contributed by atoms with Gasteiger partial charge in [0.25, 0.3) is 0 Å². The van der Waals surface area contributed by atoms with Gasteiger partial charge in [-0.25, -0.2) is 0 Å². The summed E-state index contributed by atoms with van der Waals surface area (Å²) in [7, 11) is 0. The summed E-state index contributed by atoms with van der Waals surface area (Å²) in [5.74, 6) is 0. The zero-order chi connectivity index (χ0) is 46.4. The minimum Gasteiger partial charge on any atom is -0.153 e. The molecule has 0 fully saturated rings. The number of carbonyl (C=O) groups excluding carboxylic acids is 1. The summed E-state index contributed by atoms with van der Waals surface area (Å²) in [6.45, 7) is 2.00. The van der Waals surface area contributed by atoms with Gasteiger partial charge in [0, 0.05) is 113 Å². The van der Waals surface area contributed by atoms with Crippen molar-refractivity contribution in [2.24, 2.45) is 0 Å². The van der Waals surface area contributed by atoms with E-state index in [4.69, 9.17) is 72.2 Å². The molecule has 0 amide bonds. The van der Waals surface area contributed by atoms with E-state index in [1.165, 1.54) is 0 Å². The molecule has 0 aliphatic rings. The monoisotopic (exact) mass is 1210 g/mol. The Bertz CT molecular complexity index is 2240. The molecule has 0 aliphatic heterocycles. The molecule has 0 heterocycles. The maximum absolute atomic E-state index is 8.00. The fourth-order valence-corrected chi connectivity index (χ4v) is 22.6. The Kier molecular flexibility index (Phi) is 30.3. The molecule has 9 rings (SSSR count). The first-order valence-electron chi connectivity index (χ1n) is 20.5. The van der Waals surface area contributed by atoms with Gasteiger partial charge >= 0.3 is 404 Å². The Labute approximate surface area is 547 Å². The van der Waals surface area contributed by atoms with Gasteiger partial charge in [0.1, 0.15) is 6.79 Å².